The molecule has 5 N–H and O–H groups in total. The van der Waals surface area contributed by atoms with Crippen LogP contribution in [0.15, 0.2) is 36.4 Å². The lowest BCUT2D eigenvalue weighted by Gasteiger charge is -2.24. The van der Waals surface area contributed by atoms with Crippen LogP contribution in [0.4, 0.5) is 10.5 Å². The molecule has 0 bridgehead atoms. The van der Waals surface area contributed by atoms with Gasteiger partial charge in [0.05, 0.1) is 6.54 Å². The molecule has 15 nitrogen and oxygen atoms in total. The van der Waals surface area contributed by atoms with Crippen molar-refractivity contribution in [2.24, 2.45) is 5.92 Å². The quantitative estimate of drug-likeness (QED) is 0.113. The van der Waals surface area contributed by atoms with Crippen molar-refractivity contribution in [3.63, 3.8) is 0 Å². The van der Waals surface area contributed by atoms with Crippen LogP contribution >= 0.6 is 0 Å². The van der Waals surface area contributed by atoms with Crippen molar-refractivity contribution in [3.8, 4) is 0 Å². The number of amides is 6. The highest BCUT2D eigenvalue weighted by Gasteiger charge is 2.28. The second kappa shape index (κ2) is 18.1. The minimum atomic E-state index is -0.946. The number of imide groups is 1. The lowest BCUT2D eigenvalue weighted by atomic mass is 10.0. The maximum absolute atomic E-state index is 12.9. The first-order valence-corrected chi connectivity index (χ1v) is 14.6. The molecule has 0 saturated heterocycles. The molecule has 6 amide bonds. The smallest absolute Gasteiger partial charge is 0.407 e. The summed E-state index contributed by atoms with van der Waals surface area (Å²) in [5.41, 5.74) is 1.14. The normalized spacial score (nSPS) is 13.9. The second-order valence-corrected chi connectivity index (χ2v) is 11.0. The van der Waals surface area contributed by atoms with Crippen molar-refractivity contribution >= 4 is 47.3 Å². The summed E-state index contributed by atoms with van der Waals surface area (Å²) in [6.45, 7) is 5.81. The zero-order chi connectivity index (χ0) is 33.5. The Kier molecular flexibility index (Phi) is 14.7. The van der Waals surface area contributed by atoms with Crippen molar-refractivity contribution in [1.82, 2.24) is 25.8 Å². The van der Waals surface area contributed by atoms with Crippen LogP contribution in [0.2, 0.25) is 0 Å². The predicted octanol–water partition coefficient (Wildman–Crippen LogP) is 0.609. The third-order valence-electron chi connectivity index (χ3n) is 6.71. The summed E-state index contributed by atoms with van der Waals surface area (Å²) in [6, 6.07) is 4.71. The summed E-state index contributed by atoms with van der Waals surface area (Å²) in [7, 11) is 1.71. The molecular formula is C30H42N6O9. The molecule has 1 aliphatic heterocycles. The van der Waals surface area contributed by atoms with Crippen LogP contribution in [0.3, 0.4) is 0 Å². The number of carbonyl (C=O) groups excluding carboxylic acids is 6. The van der Waals surface area contributed by atoms with E-state index in [2.05, 4.69) is 21.3 Å². The third kappa shape index (κ3) is 13.2. The highest BCUT2D eigenvalue weighted by atomic mass is 16.5. The summed E-state index contributed by atoms with van der Waals surface area (Å²) in [5.74, 6) is -3.77. The molecule has 0 aromatic heterocycles. The van der Waals surface area contributed by atoms with E-state index in [1.54, 1.807) is 50.1 Å². The average Bonchev–Trinajstić information content (AvgIpc) is 3.29. The maximum Gasteiger partial charge on any atom is 0.407 e. The number of alkyl carbamates (subject to hydrolysis) is 1. The van der Waals surface area contributed by atoms with E-state index in [9.17, 15) is 33.6 Å². The van der Waals surface area contributed by atoms with E-state index >= 15 is 0 Å². The molecule has 1 aromatic rings. The predicted molar refractivity (Wildman–Crippen MR) is 162 cm³/mol. The molecule has 0 saturated carbocycles. The van der Waals surface area contributed by atoms with Gasteiger partial charge in [-0.25, -0.2) is 4.79 Å². The van der Waals surface area contributed by atoms with Crippen LogP contribution in [0.25, 0.3) is 0 Å². The third-order valence-corrected chi connectivity index (χ3v) is 6.71. The first-order valence-electron chi connectivity index (χ1n) is 14.6. The number of rotatable bonds is 18. The van der Waals surface area contributed by atoms with Gasteiger partial charge in [-0.2, -0.15) is 0 Å². The molecular weight excluding hydrogens is 588 g/mol. The van der Waals surface area contributed by atoms with Crippen molar-refractivity contribution in [2.45, 2.75) is 58.7 Å². The van der Waals surface area contributed by atoms with E-state index in [1.165, 1.54) is 6.92 Å². The van der Waals surface area contributed by atoms with Gasteiger partial charge in [0.25, 0.3) is 11.8 Å². The Morgan fingerprint density at radius 3 is 2.18 bits per heavy atom. The number of nitrogens with one attached hydrogen (secondary N) is 4. The topological polar surface area (TPSA) is 204 Å². The van der Waals surface area contributed by atoms with Gasteiger partial charge < -0.3 is 31.1 Å². The first-order chi connectivity index (χ1) is 21.3. The average molecular weight is 631 g/mol. The molecule has 0 unspecified atom stereocenters. The Labute approximate surface area is 261 Å². The van der Waals surface area contributed by atoms with Gasteiger partial charge in [-0.3, -0.25) is 38.6 Å². The zero-order valence-corrected chi connectivity index (χ0v) is 26.0. The SMILES string of the molecule is CC(C)[C@H](NC(=O)CCN1C(=O)C=CC1=O)C(=O)N[C@@H](C)C(=O)Nc1ccc(COC(=O)NCCCCN(C)CC(=O)O)cc1. The van der Waals surface area contributed by atoms with E-state index in [4.69, 9.17) is 9.84 Å². The number of carboxylic acid groups (broad SMARTS) is 1. The van der Waals surface area contributed by atoms with Crippen LogP contribution in [-0.4, -0.2) is 102 Å². The summed E-state index contributed by atoms with van der Waals surface area (Å²) in [5, 5.41) is 19.3. The molecule has 1 aromatic carbocycles. The summed E-state index contributed by atoms with van der Waals surface area (Å²) < 4.78 is 5.19. The highest BCUT2D eigenvalue weighted by Crippen LogP contribution is 2.12. The van der Waals surface area contributed by atoms with Gasteiger partial charge in [-0.15, -0.1) is 0 Å². The molecule has 1 aliphatic rings. The van der Waals surface area contributed by atoms with Gasteiger partial charge in [0.1, 0.15) is 18.7 Å². The van der Waals surface area contributed by atoms with Gasteiger partial charge in [0.15, 0.2) is 0 Å². The van der Waals surface area contributed by atoms with Gasteiger partial charge in [0.2, 0.25) is 17.7 Å². The molecule has 1 heterocycles. The largest absolute Gasteiger partial charge is 0.480 e. The fraction of sp³-hybridized carbons (Fsp3) is 0.500. The number of likely N-dealkylation sites (N-methyl/N-ethyl adjacent to an activating group) is 1. The number of hydrogen-bond donors (Lipinski definition) is 5. The van der Waals surface area contributed by atoms with Crippen molar-refractivity contribution in [1.29, 1.82) is 0 Å². The van der Waals surface area contributed by atoms with E-state index in [1.807, 2.05) is 0 Å². The molecule has 2 atom stereocenters. The molecule has 2 rings (SSSR count). The van der Waals surface area contributed by atoms with Crippen molar-refractivity contribution < 1.29 is 43.4 Å². The number of unbranched alkanes of at least 4 members (excludes halogenated alkanes) is 1. The van der Waals surface area contributed by atoms with E-state index in [0.717, 1.165) is 23.5 Å². The van der Waals surface area contributed by atoms with Crippen LogP contribution in [0.5, 0.6) is 0 Å². The van der Waals surface area contributed by atoms with Crippen LogP contribution < -0.4 is 21.3 Å². The highest BCUT2D eigenvalue weighted by molar-refractivity contribution is 6.13. The Bertz CT molecular complexity index is 1250. The summed E-state index contributed by atoms with van der Waals surface area (Å²) in [6.07, 6.45) is 2.89. The van der Waals surface area contributed by atoms with Crippen LogP contribution in [-0.2, 0) is 40.1 Å². The van der Waals surface area contributed by atoms with Crippen molar-refractivity contribution in [3.05, 3.63) is 42.0 Å². The lowest BCUT2D eigenvalue weighted by molar-refractivity contribution is -0.139. The summed E-state index contributed by atoms with van der Waals surface area (Å²) in [4.78, 5) is 86.5. The van der Waals surface area contributed by atoms with E-state index < -0.39 is 53.7 Å². The molecule has 15 heteroatoms. The molecule has 0 radical (unpaired) electrons. The Hall–Kier alpha value is -4.79. The molecule has 0 spiro atoms. The molecule has 45 heavy (non-hydrogen) atoms. The maximum atomic E-state index is 12.9. The van der Waals surface area contributed by atoms with Gasteiger partial charge in [-0.05, 0) is 57.0 Å². The van der Waals surface area contributed by atoms with Crippen LogP contribution in [0.1, 0.15) is 45.6 Å². The Morgan fingerprint density at radius 1 is 0.933 bits per heavy atom. The minimum absolute atomic E-state index is 0.0116. The van der Waals surface area contributed by atoms with Crippen LogP contribution in [0, 0.1) is 5.92 Å². The number of ether oxygens (including phenoxy) is 1. The monoisotopic (exact) mass is 630 g/mol. The van der Waals surface area contributed by atoms with Crippen molar-refractivity contribution in [2.75, 3.05) is 38.5 Å². The fourth-order valence-electron chi connectivity index (χ4n) is 4.16. The number of aliphatic carboxylic acids is 1. The number of carboxylic acids is 1. The Balaban J connectivity index is 1.72. The zero-order valence-electron chi connectivity index (χ0n) is 26.0. The van der Waals surface area contributed by atoms with E-state index in [-0.39, 0.29) is 32.0 Å². The molecule has 0 fully saturated rings. The summed E-state index contributed by atoms with van der Waals surface area (Å²) >= 11 is 0. The lowest BCUT2D eigenvalue weighted by Crippen LogP contribution is -2.54. The van der Waals surface area contributed by atoms with Gasteiger partial charge in [0, 0.05) is 37.3 Å². The second-order valence-electron chi connectivity index (χ2n) is 11.0. The number of nitrogens with zero attached hydrogens (tertiary/aromatic N) is 2. The number of hydrogen-bond acceptors (Lipinski definition) is 9. The number of benzene rings is 1. The molecule has 0 aliphatic carbocycles. The first kappa shape index (κ1) is 36.4. The number of anilines is 1. The molecule has 246 valence electrons. The Morgan fingerprint density at radius 2 is 1.58 bits per heavy atom. The number of carbonyl (C=O) groups is 7. The minimum Gasteiger partial charge on any atom is -0.480 e. The van der Waals surface area contributed by atoms with Gasteiger partial charge in [-0.1, -0.05) is 26.0 Å². The standard InChI is InChI=1S/C30H42N6O9/c1-19(2)27(34-23(37)13-16-36-24(38)11-12-25(36)39)29(43)32-20(3)28(42)33-22-9-7-21(8-10-22)18-45-30(44)31-14-5-6-15-35(4)17-26(40)41/h7-12,19-20,27H,5-6,13-18H2,1-4H3,(H,31,44)(H,32,43)(H,33,42)(H,34,37)(H,40,41)/t20-,27-/m0/s1. The van der Waals surface area contributed by atoms with E-state index in [0.29, 0.717) is 30.8 Å². The van der Waals surface area contributed by atoms with Gasteiger partial charge >= 0.3 is 12.1 Å². The fourth-order valence-corrected chi connectivity index (χ4v) is 4.16.